The number of nitrogens with zero attached hydrogens (tertiary/aromatic N) is 3. The molecule has 0 aliphatic carbocycles. The van der Waals surface area contributed by atoms with Crippen molar-refractivity contribution < 1.29 is 4.79 Å². The van der Waals surface area contributed by atoms with Gasteiger partial charge >= 0.3 is 11.7 Å². The van der Waals surface area contributed by atoms with E-state index in [4.69, 9.17) is 0 Å². The van der Waals surface area contributed by atoms with Crippen LogP contribution in [0, 0.1) is 5.41 Å². The predicted octanol–water partition coefficient (Wildman–Crippen LogP) is 1.89. The zero-order chi connectivity index (χ0) is 18.4. The lowest BCUT2D eigenvalue weighted by molar-refractivity contribution is 0.214. The molecule has 1 aliphatic rings. The molecular weight excluding hydrogens is 320 g/mol. The average molecular weight is 344 g/mol. The molecule has 0 bridgehead atoms. The van der Waals surface area contributed by atoms with Crippen molar-refractivity contribution in [3.63, 3.8) is 0 Å². The number of hydrogen-bond acceptors (Lipinski definition) is 3. The third kappa shape index (κ3) is 2.94. The molecule has 2 heterocycles. The average Bonchev–Trinajstić information content (AvgIpc) is 3.01. The Morgan fingerprint density at radius 2 is 1.96 bits per heavy atom. The Morgan fingerprint density at radius 1 is 1.24 bits per heavy atom. The standard InChI is InChI=1S/C18H24N4O3/c1-5-18(2)8-9-22(11-18)16(24)19-12-6-7-13-14(10-12)20(3)17(25)21(4)15(13)23/h6-7,10H,5,8-9,11H2,1-4H3,(H,19,24). The summed E-state index contributed by atoms with van der Waals surface area (Å²) in [7, 11) is 3.07. The van der Waals surface area contributed by atoms with Crippen LogP contribution in [0.25, 0.3) is 10.9 Å². The second-order valence-electron chi connectivity index (χ2n) is 7.20. The Bertz CT molecular complexity index is 959. The summed E-state index contributed by atoms with van der Waals surface area (Å²) >= 11 is 0. The number of urea groups is 1. The first-order valence-electron chi connectivity index (χ1n) is 8.51. The maximum atomic E-state index is 12.5. The van der Waals surface area contributed by atoms with E-state index in [9.17, 15) is 14.4 Å². The second kappa shape index (κ2) is 6.06. The first-order valence-corrected chi connectivity index (χ1v) is 8.51. The number of benzene rings is 1. The summed E-state index contributed by atoms with van der Waals surface area (Å²) in [5, 5.41) is 3.33. The molecular formula is C18H24N4O3. The van der Waals surface area contributed by atoms with Crippen LogP contribution in [0.1, 0.15) is 26.7 Å². The smallest absolute Gasteiger partial charge is 0.324 e. The van der Waals surface area contributed by atoms with E-state index >= 15 is 0 Å². The lowest BCUT2D eigenvalue weighted by atomic mass is 9.87. The summed E-state index contributed by atoms with van der Waals surface area (Å²) < 4.78 is 2.49. The highest BCUT2D eigenvalue weighted by molar-refractivity contribution is 5.92. The van der Waals surface area contributed by atoms with Gasteiger partial charge in [0.1, 0.15) is 0 Å². The van der Waals surface area contributed by atoms with Crippen LogP contribution in [0.4, 0.5) is 10.5 Å². The Hall–Kier alpha value is -2.57. The van der Waals surface area contributed by atoms with Crippen LogP contribution in [0.15, 0.2) is 27.8 Å². The van der Waals surface area contributed by atoms with Crippen molar-refractivity contribution in [2.24, 2.45) is 19.5 Å². The molecule has 7 heteroatoms. The van der Waals surface area contributed by atoms with Crippen LogP contribution < -0.4 is 16.6 Å². The highest BCUT2D eigenvalue weighted by Crippen LogP contribution is 2.33. The number of rotatable bonds is 2. The maximum absolute atomic E-state index is 12.5. The van der Waals surface area contributed by atoms with Gasteiger partial charge in [-0.25, -0.2) is 9.59 Å². The van der Waals surface area contributed by atoms with Gasteiger partial charge in [0.05, 0.1) is 10.9 Å². The molecule has 0 spiro atoms. The summed E-state index contributed by atoms with van der Waals surface area (Å²) in [5.41, 5.74) is 0.529. The van der Waals surface area contributed by atoms with Crippen molar-refractivity contribution in [2.45, 2.75) is 26.7 Å². The van der Waals surface area contributed by atoms with Crippen molar-refractivity contribution >= 4 is 22.6 Å². The number of amides is 2. The topological polar surface area (TPSA) is 76.3 Å². The zero-order valence-electron chi connectivity index (χ0n) is 15.1. The van der Waals surface area contributed by atoms with E-state index in [0.717, 1.165) is 30.5 Å². The molecule has 1 N–H and O–H groups in total. The lowest BCUT2D eigenvalue weighted by Gasteiger charge is -2.23. The molecule has 25 heavy (non-hydrogen) atoms. The van der Waals surface area contributed by atoms with E-state index in [0.29, 0.717) is 16.6 Å². The quantitative estimate of drug-likeness (QED) is 0.904. The predicted molar refractivity (Wildman–Crippen MR) is 98.0 cm³/mol. The molecule has 1 aliphatic heterocycles. The van der Waals surface area contributed by atoms with E-state index in [-0.39, 0.29) is 22.7 Å². The summed E-state index contributed by atoms with van der Waals surface area (Å²) in [4.78, 5) is 38.6. The van der Waals surface area contributed by atoms with E-state index < -0.39 is 0 Å². The number of carbonyl (C=O) groups is 1. The molecule has 7 nitrogen and oxygen atoms in total. The van der Waals surface area contributed by atoms with Gasteiger partial charge in [-0.3, -0.25) is 13.9 Å². The van der Waals surface area contributed by atoms with E-state index in [2.05, 4.69) is 19.2 Å². The SMILES string of the molecule is CCC1(C)CCN(C(=O)Nc2ccc3c(=O)n(C)c(=O)n(C)c3c2)C1. The van der Waals surface area contributed by atoms with Crippen molar-refractivity contribution in [1.29, 1.82) is 0 Å². The summed E-state index contributed by atoms with van der Waals surface area (Å²) in [6, 6.07) is 4.87. The molecule has 0 radical (unpaired) electrons. The fourth-order valence-corrected chi connectivity index (χ4v) is 3.35. The number of anilines is 1. The van der Waals surface area contributed by atoms with Crippen molar-refractivity contribution in [3.05, 3.63) is 39.0 Å². The first-order chi connectivity index (χ1) is 11.8. The van der Waals surface area contributed by atoms with Crippen LogP contribution in [-0.2, 0) is 14.1 Å². The van der Waals surface area contributed by atoms with Crippen molar-refractivity contribution in [3.8, 4) is 0 Å². The third-order valence-electron chi connectivity index (χ3n) is 5.42. The minimum Gasteiger partial charge on any atom is -0.324 e. The fraction of sp³-hybridized carbons (Fsp3) is 0.500. The highest BCUT2D eigenvalue weighted by Gasteiger charge is 2.34. The van der Waals surface area contributed by atoms with Gasteiger partial charge in [0.2, 0.25) is 0 Å². The van der Waals surface area contributed by atoms with Gasteiger partial charge in [-0.15, -0.1) is 0 Å². The Balaban J connectivity index is 1.89. The van der Waals surface area contributed by atoms with Gasteiger partial charge < -0.3 is 10.2 Å². The number of likely N-dealkylation sites (tertiary alicyclic amines) is 1. The molecule has 134 valence electrons. The summed E-state index contributed by atoms with van der Waals surface area (Å²) in [6.07, 6.45) is 2.04. The Morgan fingerprint density at radius 3 is 2.60 bits per heavy atom. The van der Waals surface area contributed by atoms with E-state index in [1.165, 1.54) is 11.6 Å². The summed E-state index contributed by atoms with van der Waals surface area (Å²) in [6.45, 7) is 5.82. The normalized spacial score (nSPS) is 20.2. The molecule has 1 aromatic carbocycles. The van der Waals surface area contributed by atoms with Crippen LogP contribution in [0.5, 0.6) is 0 Å². The van der Waals surface area contributed by atoms with E-state index in [1.54, 1.807) is 25.2 Å². The third-order valence-corrected chi connectivity index (χ3v) is 5.42. The molecule has 1 saturated heterocycles. The van der Waals surface area contributed by atoms with E-state index in [1.807, 2.05) is 4.90 Å². The molecule has 3 rings (SSSR count). The van der Waals surface area contributed by atoms with Crippen LogP contribution in [-0.4, -0.2) is 33.2 Å². The van der Waals surface area contributed by atoms with Gasteiger partial charge in [0, 0.05) is 32.9 Å². The minimum absolute atomic E-state index is 0.148. The number of nitrogens with one attached hydrogen (secondary N) is 1. The molecule has 0 saturated carbocycles. The molecule has 1 aromatic heterocycles. The van der Waals surface area contributed by atoms with Gasteiger partial charge in [-0.1, -0.05) is 13.8 Å². The number of carbonyl (C=O) groups excluding carboxylic acids is 1. The monoisotopic (exact) mass is 344 g/mol. The van der Waals surface area contributed by atoms with Crippen LogP contribution in [0.2, 0.25) is 0 Å². The molecule has 2 aromatic rings. The molecule has 1 unspecified atom stereocenters. The van der Waals surface area contributed by atoms with Crippen molar-refractivity contribution in [2.75, 3.05) is 18.4 Å². The van der Waals surface area contributed by atoms with Gasteiger partial charge in [-0.05, 0) is 36.5 Å². The minimum atomic E-state index is -0.390. The molecule has 1 atom stereocenters. The molecule has 2 amide bonds. The largest absolute Gasteiger partial charge is 0.330 e. The molecule has 1 fully saturated rings. The number of hydrogen-bond donors (Lipinski definition) is 1. The van der Waals surface area contributed by atoms with Crippen molar-refractivity contribution in [1.82, 2.24) is 14.0 Å². The fourth-order valence-electron chi connectivity index (χ4n) is 3.35. The van der Waals surface area contributed by atoms with Gasteiger partial charge in [0.15, 0.2) is 0 Å². The Labute approximate surface area is 145 Å². The zero-order valence-corrected chi connectivity index (χ0v) is 15.1. The number of aromatic nitrogens is 2. The first kappa shape index (κ1) is 17.3. The second-order valence-corrected chi connectivity index (χ2v) is 7.20. The Kier molecular flexibility index (Phi) is 4.18. The van der Waals surface area contributed by atoms with Crippen LogP contribution in [0.3, 0.4) is 0 Å². The maximum Gasteiger partial charge on any atom is 0.330 e. The summed E-state index contributed by atoms with van der Waals surface area (Å²) in [5.74, 6) is 0. The van der Waals surface area contributed by atoms with Gasteiger partial charge in [0.25, 0.3) is 5.56 Å². The lowest BCUT2D eigenvalue weighted by Crippen LogP contribution is -2.37. The van der Waals surface area contributed by atoms with Gasteiger partial charge in [-0.2, -0.15) is 0 Å². The number of aryl methyl sites for hydroxylation is 1. The number of fused-ring (bicyclic) bond motifs is 1. The highest BCUT2D eigenvalue weighted by atomic mass is 16.2. The van der Waals surface area contributed by atoms with Crippen LogP contribution >= 0.6 is 0 Å².